The van der Waals surface area contributed by atoms with E-state index in [-0.39, 0.29) is 0 Å². The first kappa shape index (κ1) is 10.8. The highest BCUT2D eigenvalue weighted by Crippen LogP contribution is 2.10. The number of nitrogens with zero attached hydrogens (tertiary/aromatic N) is 4. The third-order valence-corrected chi connectivity index (χ3v) is 2.38. The molecule has 0 radical (unpaired) electrons. The van der Waals surface area contributed by atoms with Crippen molar-refractivity contribution in [2.24, 2.45) is 5.16 Å². The molecule has 2 heterocycles. The van der Waals surface area contributed by atoms with Crippen molar-refractivity contribution in [3.8, 4) is 0 Å². The largest absolute Gasteiger partial charge is 0.410 e. The second-order valence-electron chi connectivity index (χ2n) is 3.32. The van der Waals surface area contributed by atoms with Gasteiger partial charge in [-0.1, -0.05) is 16.8 Å². The first-order chi connectivity index (χ1) is 7.61. The van der Waals surface area contributed by atoms with Crippen LogP contribution in [0.2, 0.25) is 5.15 Å². The molecule has 0 aliphatic heterocycles. The van der Waals surface area contributed by atoms with Crippen molar-refractivity contribution in [3.63, 3.8) is 0 Å². The van der Waals surface area contributed by atoms with E-state index >= 15 is 0 Å². The van der Waals surface area contributed by atoms with Crippen molar-refractivity contribution in [3.05, 3.63) is 34.0 Å². The van der Waals surface area contributed by atoms with Gasteiger partial charge in [0.2, 0.25) is 0 Å². The average Bonchev–Trinajstić information content (AvgIpc) is 2.33. The van der Waals surface area contributed by atoms with Crippen molar-refractivity contribution in [1.82, 2.24) is 15.0 Å². The van der Waals surface area contributed by atoms with E-state index in [4.69, 9.17) is 16.8 Å². The zero-order valence-corrected chi connectivity index (χ0v) is 9.52. The van der Waals surface area contributed by atoms with Gasteiger partial charge in [0, 0.05) is 0 Å². The van der Waals surface area contributed by atoms with E-state index < -0.39 is 0 Å². The van der Waals surface area contributed by atoms with E-state index in [2.05, 4.69) is 20.1 Å². The molecule has 0 spiro atoms. The van der Waals surface area contributed by atoms with Crippen molar-refractivity contribution in [2.45, 2.75) is 13.8 Å². The molecule has 0 aliphatic rings. The number of halogens is 1. The summed E-state index contributed by atoms with van der Waals surface area (Å²) in [5.74, 6) is 0. The molecule has 6 heteroatoms. The van der Waals surface area contributed by atoms with Crippen LogP contribution in [0.3, 0.4) is 0 Å². The van der Waals surface area contributed by atoms with Gasteiger partial charge < -0.3 is 5.21 Å². The molecule has 82 valence electrons. The summed E-state index contributed by atoms with van der Waals surface area (Å²) < 4.78 is 0. The molecular formula is C10H9ClN4O. The summed E-state index contributed by atoms with van der Waals surface area (Å²) in [6.07, 6.45) is 0. The number of hydrogen-bond donors (Lipinski definition) is 1. The number of fused-ring (bicyclic) bond motifs is 1. The predicted octanol–water partition coefficient (Wildman–Crippen LogP) is 1.58. The van der Waals surface area contributed by atoms with Gasteiger partial charge in [-0.2, -0.15) is 0 Å². The van der Waals surface area contributed by atoms with Gasteiger partial charge in [0.15, 0.2) is 5.65 Å². The monoisotopic (exact) mass is 236 g/mol. The molecule has 0 amide bonds. The highest BCUT2D eigenvalue weighted by molar-refractivity contribution is 6.29. The fraction of sp³-hybridized carbons (Fsp3) is 0.200. The van der Waals surface area contributed by atoms with Gasteiger partial charge in [0.1, 0.15) is 16.0 Å². The summed E-state index contributed by atoms with van der Waals surface area (Å²) in [5, 5.41) is 12.7. The van der Waals surface area contributed by atoms with Crippen molar-refractivity contribution in [2.75, 3.05) is 0 Å². The Balaban J connectivity index is 2.99. The molecule has 0 saturated heterocycles. The second-order valence-corrected chi connectivity index (χ2v) is 3.71. The Hall–Kier alpha value is -1.75. The molecule has 0 bridgehead atoms. The fourth-order valence-electron chi connectivity index (χ4n) is 1.44. The van der Waals surface area contributed by atoms with Crippen LogP contribution in [0.25, 0.3) is 11.2 Å². The molecule has 16 heavy (non-hydrogen) atoms. The van der Waals surface area contributed by atoms with Gasteiger partial charge in [-0.15, -0.1) is 0 Å². The lowest BCUT2D eigenvalue weighted by atomic mass is 10.3. The number of pyridine rings is 1. The summed E-state index contributed by atoms with van der Waals surface area (Å²) in [5.41, 5.74) is 2.19. The van der Waals surface area contributed by atoms with Gasteiger partial charge in [-0.3, -0.25) is 0 Å². The Morgan fingerprint density at radius 2 is 1.81 bits per heavy atom. The zero-order chi connectivity index (χ0) is 11.7. The molecule has 2 aromatic rings. The molecule has 5 nitrogen and oxygen atoms in total. The SMILES string of the molecule is Cc1nc2ccc(Cl)nc2nc(C)/c1=N/O. The summed E-state index contributed by atoms with van der Waals surface area (Å²) in [4.78, 5) is 12.6. The molecule has 1 N–H and O–H groups in total. The fourth-order valence-corrected chi connectivity index (χ4v) is 1.58. The molecule has 2 rings (SSSR count). The van der Waals surface area contributed by atoms with Gasteiger partial charge in [0.05, 0.1) is 11.4 Å². The van der Waals surface area contributed by atoms with Crippen molar-refractivity contribution < 1.29 is 5.21 Å². The number of aromatic nitrogens is 3. The third kappa shape index (κ3) is 1.81. The van der Waals surface area contributed by atoms with Crippen LogP contribution < -0.4 is 5.36 Å². The van der Waals surface area contributed by atoms with Gasteiger partial charge >= 0.3 is 0 Å². The Morgan fingerprint density at radius 3 is 2.50 bits per heavy atom. The Bertz CT molecular complexity index is 627. The lowest BCUT2D eigenvalue weighted by Crippen LogP contribution is -2.10. The third-order valence-electron chi connectivity index (χ3n) is 2.17. The molecule has 0 atom stereocenters. The number of aryl methyl sites for hydroxylation is 2. The molecular weight excluding hydrogens is 228 g/mol. The maximum atomic E-state index is 8.87. The van der Waals surface area contributed by atoms with Crippen LogP contribution in [0.5, 0.6) is 0 Å². The van der Waals surface area contributed by atoms with Crippen molar-refractivity contribution >= 4 is 22.8 Å². The molecule has 0 fully saturated rings. The van der Waals surface area contributed by atoms with E-state index in [1.165, 1.54) is 0 Å². The summed E-state index contributed by atoms with van der Waals surface area (Å²) in [6, 6.07) is 3.37. The maximum absolute atomic E-state index is 8.87. The smallest absolute Gasteiger partial charge is 0.179 e. The predicted molar refractivity (Wildman–Crippen MR) is 59.2 cm³/mol. The van der Waals surface area contributed by atoms with Crippen LogP contribution in [0, 0.1) is 13.8 Å². The highest BCUT2D eigenvalue weighted by atomic mass is 35.5. The minimum atomic E-state index is 0.354. The van der Waals surface area contributed by atoms with Crippen LogP contribution in [-0.2, 0) is 0 Å². The van der Waals surface area contributed by atoms with Gasteiger partial charge in [-0.25, -0.2) is 15.0 Å². The van der Waals surface area contributed by atoms with E-state index in [1.807, 2.05) is 0 Å². The van der Waals surface area contributed by atoms with Crippen LogP contribution in [0.4, 0.5) is 0 Å². The molecule has 0 saturated carbocycles. The summed E-state index contributed by atoms with van der Waals surface area (Å²) in [6.45, 7) is 3.48. The van der Waals surface area contributed by atoms with E-state index in [0.717, 1.165) is 0 Å². The minimum Gasteiger partial charge on any atom is -0.410 e. The van der Waals surface area contributed by atoms with E-state index in [1.54, 1.807) is 26.0 Å². The van der Waals surface area contributed by atoms with Crippen LogP contribution in [-0.4, -0.2) is 20.2 Å². The standard InChI is InChI=1S/C10H9ClN4O/c1-5-9(15-16)6(2)13-10-7(12-5)3-4-8(11)14-10/h3-4,16H,1-2H3/b15-9+. The van der Waals surface area contributed by atoms with Crippen LogP contribution in [0.15, 0.2) is 17.3 Å². The average molecular weight is 237 g/mol. The topological polar surface area (TPSA) is 71.3 Å². The lowest BCUT2D eigenvalue weighted by Gasteiger charge is -1.90. The van der Waals surface area contributed by atoms with Crippen LogP contribution in [0.1, 0.15) is 11.4 Å². The van der Waals surface area contributed by atoms with Crippen LogP contribution >= 0.6 is 11.6 Å². The maximum Gasteiger partial charge on any atom is 0.179 e. The normalized spacial score (nSPS) is 12.1. The molecule has 2 aromatic heterocycles. The lowest BCUT2D eigenvalue weighted by molar-refractivity contribution is 0.300. The quantitative estimate of drug-likeness (QED) is 0.428. The highest BCUT2D eigenvalue weighted by Gasteiger charge is 2.03. The molecule has 0 unspecified atom stereocenters. The van der Waals surface area contributed by atoms with Gasteiger partial charge in [-0.05, 0) is 26.0 Å². The zero-order valence-electron chi connectivity index (χ0n) is 8.77. The van der Waals surface area contributed by atoms with E-state index in [0.29, 0.717) is 33.1 Å². The molecule has 0 aliphatic carbocycles. The number of rotatable bonds is 0. The first-order valence-corrected chi connectivity index (χ1v) is 4.99. The van der Waals surface area contributed by atoms with Gasteiger partial charge in [0.25, 0.3) is 0 Å². The Kier molecular flexibility index (Phi) is 2.70. The van der Waals surface area contributed by atoms with E-state index in [9.17, 15) is 0 Å². The second kappa shape index (κ2) is 4.02. The summed E-state index contributed by atoms with van der Waals surface area (Å²) in [7, 11) is 0. The number of hydrogen-bond acceptors (Lipinski definition) is 5. The summed E-state index contributed by atoms with van der Waals surface area (Å²) >= 11 is 5.78. The Morgan fingerprint density at radius 1 is 1.12 bits per heavy atom. The first-order valence-electron chi connectivity index (χ1n) is 4.61. The molecule has 0 aromatic carbocycles. The Labute approximate surface area is 96.5 Å². The van der Waals surface area contributed by atoms with Crippen molar-refractivity contribution in [1.29, 1.82) is 0 Å². The minimum absolute atomic E-state index is 0.354.